The van der Waals surface area contributed by atoms with Gasteiger partial charge in [0.05, 0.1) is 0 Å². The standard InChI is InChI=1S/C4H5BN2O2.C2H6/c8-5(9)4-1-6-3-7-2-4;1-2/h1-3,8-9H;1-2H3. The summed E-state index contributed by atoms with van der Waals surface area (Å²) in [7, 11) is -1.47. The Hall–Kier alpha value is -0.935. The zero-order valence-electron chi connectivity index (χ0n) is 6.60. The van der Waals surface area contributed by atoms with Crippen molar-refractivity contribution in [1.82, 2.24) is 9.97 Å². The van der Waals surface area contributed by atoms with Crippen molar-refractivity contribution >= 4 is 12.6 Å². The van der Waals surface area contributed by atoms with E-state index >= 15 is 0 Å². The molecule has 0 aliphatic heterocycles. The quantitative estimate of drug-likeness (QED) is 0.518. The summed E-state index contributed by atoms with van der Waals surface area (Å²) in [5.41, 5.74) is 0.303. The molecule has 0 aliphatic carbocycles. The minimum Gasteiger partial charge on any atom is -0.423 e. The van der Waals surface area contributed by atoms with Crippen LogP contribution in [0.2, 0.25) is 0 Å². The van der Waals surface area contributed by atoms with Crippen LogP contribution in [0.25, 0.3) is 0 Å². The molecule has 2 N–H and O–H groups in total. The summed E-state index contributed by atoms with van der Waals surface area (Å²) >= 11 is 0. The first-order valence-corrected chi connectivity index (χ1v) is 3.42. The average Bonchev–Trinajstić information content (AvgIpc) is 2.10. The molecule has 0 unspecified atom stereocenters. The Bertz CT molecular complexity index is 181. The highest BCUT2D eigenvalue weighted by Gasteiger charge is 2.09. The lowest BCUT2D eigenvalue weighted by atomic mass is 9.83. The van der Waals surface area contributed by atoms with E-state index in [0.29, 0.717) is 5.46 Å². The Balaban J connectivity index is 0.000000461. The Morgan fingerprint density at radius 2 is 1.64 bits per heavy atom. The van der Waals surface area contributed by atoms with Crippen LogP contribution in [0.1, 0.15) is 13.8 Å². The molecule has 60 valence electrons. The van der Waals surface area contributed by atoms with E-state index in [2.05, 4.69) is 9.97 Å². The fraction of sp³-hybridized carbons (Fsp3) is 0.333. The molecule has 1 rings (SSSR count). The highest BCUT2D eigenvalue weighted by molar-refractivity contribution is 6.58. The first kappa shape index (κ1) is 10.1. The smallest absolute Gasteiger partial charge is 0.423 e. The second-order valence-corrected chi connectivity index (χ2v) is 1.55. The molecule has 11 heavy (non-hydrogen) atoms. The lowest BCUT2D eigenvalue weighted by Gasteiger charge is -1.92. The molecule has 1 aromatic heterocycles. The zero-order chi connectivity index (χ0) is 8.69. The molecule has 0 spiro atoms. The van der Waals surface area contributed by atoms with E-state index in [4.69, 9.17) is 10.0 Å². The molecule has 0 bridgehead atoms. The summed E-state index contributed by atoms with van der Waals surface area (Å²) in [4.78, 5) is 7.15. The highest BCUT2D eigenvalue weighted by atomic mass is 16.4. The Morgan fingerprint density at radius 1 is 1.18 bits per heavy atom. The molecule has 0 aliphatic rings. The van der Waals surface area contributed by atoms with Crippen molar-refractivity contribution in [3.63, 3.8) is 0 Å². The fourth-order valence-electron chi connectivity index (χ4n) is 0.444. The molecule has 0 aromatic carbocycles. The summed E-state index contributed by atoms with van der Waals surface area (Å²) in [6, 6.07) is 0. The second kappa shape index (κ2) is 5.82. The summed E-state index contributed by atoms with van der Waals surface area (Å²) in [5.74, 6) is 0. The second-order valence-electron chi connectivity index (χ2n) is 1.55. The molecule has 4 nitrogen and oxygen atoms in total. The van der Waals surface area contributed by atoms with Gasteiger partial charge in [-0.05, 0) is 0 Å². The molecule has 0 amide bonds. The molecule has 1 heterocycles. The maximum Gasteiger partial charge on any atom is 0.491 e. The van der Waals surface area contributed by atoms with Gasteiger partial charge >= 0.3 is 7.12 Å². The van der Waals surface area contributed by atoms with Crippen molar-refractivity contribution in [2.24, 2.45) is 0 Å². The largest absolute Gasteiger partial charge is 0.491 e. The van der Waals surface area contributed by atoms with Gasteiger partial charge in [-0.2, -0.15) is 0 Å². The lowest BCUT2D eigenvalue weighted by Crippen LogP contribution is -2.30. The van der Waals surface area contributed by atoms with Gasteiger partial charge in [-0.15, -0.1) is 0 Å². The molecule has 0 radical (unpaired) electrons. The molecular weight excluding hydrogens is 143 g/mol. The Labute approximate surface area is 66.1 Å². The number of aromatic nitrogens is 2. The van der Waals surface area contributed by atoms with Crippen LogP contribution in [0.3, 0.4) is 0 Å². The molecule has 1 aromatic rings. The first-order chi connectivity index (χ1) is 5.30. The summed E-state index contributed by atoms with van der Waals surface area (Å²) in [6.07, 6.45) is 4.02. The van der Waals surface area contributed by atoms with E-state index in [1.165, 1.54) is 18.7 Å². The fourth-order valence-corrected chi connectivity index (χ4v) is 0.444. The van der Waals surface area contributed by atoms with Crippen molar-refractivity contribution < 1.29 is 10.0 Å². The summed E-state index contributed by atoms with van der Waals surface area (Å²) in [5, 5.41) is 17.0. The van der Waals surface area contributed by atoms with E-state index < -0.39 is 7.12 Å². The number of nitrogens with zero attached hydrogens (tertiary/aromatic N) is 2. The van der Waals surface area contributed by atoms with Crippen molar-refractivity contribution in [1.29, 1.82) is 0 Å². The predicted octanol–water partition coefficient (Wildman–Crippen LogP) is -0.817. The van der Waals surface area contributed by atoms with Crippen LogP contribution >= 0.6 is 0 Å². The molecule has 0 atom stereocenters. The maximum atomic E-state index is 8.50. The summed E-state index contributed by atoms with van der Waals surface area (Å²) < 4.78 is 0. The SMILES string of the molecule is CC.OB(O)c1cncnc1. The third-order valence-electron chi connectivity index (χ3n) is 0.879. The number of rotatable bonds is 1. The molecule has 0 fully saturated rings. The van der Waals surface area contributed by atoms with Crippen LogP contribution in [0.5, 0.6) is 0 Å². The summed E-state index contributed by atoms with van der Waals surface area (Å²) in [6.45, 7) is 4.00. The topological polar surface area (TPSA) is 66.2 Å². The van der Waals surface area contributed by atoms with Gasteiger partial charge in [0.2, 0.25) is 0 Å². The van der Waals surface area contributed by atoms with E-state index in [9.17, 15) is 0 Å². The van der Waals surface area contributed by atoms with Crippen LogP contribution < -0.4 is 5.46 Å². The first-order valence-electron chi connectivity index (χ1n) is 3.42. The van der Waals surface area contributed by atoms with E-state index in [0.717, 1.165) is 0 Å². The van der Waals surface area contributed by atoms with Crippen molar-refractivity contribution in [3.05, 3.63) is 18.7 Å². The van der Waals surface area contributed by atoms with Gasteiger partial charge in [0, 0.05) is 17.9 Å². The van der Waals surface area contributed by atoms with E-state index in [-0.39, 0.29) is 0 Å². The number of hydrogen-bond donors (Lipinski definition) is 2. The van der Waals surface area contributed by atoms with Crippen LogP contribution in [0.15, 0.2) is 18.7 Å². The predicted molar refractivity (Wildman–Crippen MR) is 43.2 cm³/mol. The normalized spacial score (nSPS) is 8.00. The van der Waals surface area contributed by atoms with Crippen molar-refractivity contribution in [2.45, 2.75) is 13.8 Å². The van der Waals surface area contributed by atoms with E-state index in [1.807, 2.05) is 13.8 Å². The van der Waals surface area contributed by atoms with E-state index in [1.54, 1.807) is 0 Å². The average molecular weight is 154 g/mol. The minimum atomic E-state index is -1.47. The van der Waals surface area contributed by atoms with Crippen LogP contribution in [-0.2, 0) is 0 Å². The molecule has 0 saturated heterocycles. The maximum absolute atomic E-state index is 8.50. The van der Waals surface area contributed by atoms with Gasteiger partial charge in [0.25, 0.3) is 0 Å². The van der Waals surface area contributed by atoms with Crippen molar-refractivity contribution in [3.8, 4) is 0 Å². The van der Waals surface area contributed by atoms with Gasteiger partial charge in [0.1, 0.15) is 6.33 Å². The Kier molecular flexibility index (Phi) is 5.33. The Morgan fingerprint density at radius 3 is 1.91 bits per heavy atom. The van der Waals surface area contributed by atoms with Crippen LogP contribution in [0.4, 0.5) is 0 Å². The van der Waals surface area contributed by atoms with Crippen molar-refractivity contribution in [2.75, 3.05) is 0 Å². The number of hydrogen-bond acceptors (Lipinski definition) is 4. The van der Waals surface area contributed by atoms with Crippen LogP contribution in [0, 0.1) is 0 Å². The van der Waals surface area contributed by atoms with Gasteiger partial charge < -0.3 is 10.0 Å². The monoisotopic (exact) mass is 154 g/mol. The highest BCUT2D eigenvalue weighted by Crippen LogP contribution is 1.72. The zero-order valence-corrected chi connectivity index (χ0v) is 6.60. The van der Waals surface area contributed by atoms with Gasteiger partial charge in [-0.25, -0.2) is 9.97 Å². The minimum absolute atomic E-state index is 0.303. The van der Waals surface area contributed by atoms with Gasteiger partial charge in [-0.3, -0.25) is 0 Å². The molecular formula is C6H11BN2O2. The van der Waals surface area contributed by atoms with Crippen LogP contribution in [-0.4, -0.2) is 27.1 Å². The molecule has 0 saturated carbocycles. The molecule has 5 heteroatoms. The van der Waals surface area contributed by atoms with Gasteiger partial charge in [-0.1, -0.05) is 13.8 Å². The third kappa shape index (κ3) is 3.70. The third-order valence-corrected chi connectivity index (χ3v) is 0.879. The lowest BCUT2D eigenvalue weighted by molar-refractivity contribution is 0.425. The van der Waals surface area contributed by atoms with Gasteiger partial charge in [0.15, 0.2) is 0 Å².